The lowest BCUT2D eigenvalue weighted by Crippen LogP contribution is -2.12. The van der Waals surface area contributed by atoms with Crippen molar-refractivity contribution in [3.63, 3.8) is 0 Å². The van der Waals surface area contributed by atoms with Crippen LogP contribution in [0.5, 0.6) is 5.75 Å². The van der Waals surface area contributed by atoms with Crippen molar-refractivity contribution in [1.82, 2.24) is 9.55 Å². The molecule has 0 aliphatic rings. The van der Waals surface area contributed by atoms with Crippen molar-refractivity contribution >= 4 is 5.97 Å². The van der Waals surface area contributed by atoms with Gasteiger partial charge in [-0.3, -0.25) is 4.79 Å². The summed E-state index contributed by atoms with van der Waals surface area (Å²) in [7, 11) is 3.30. The summed E-state index contributed by atoms with van der Waals surface area (Å²) in [5, 5.41) is 0. The van der Waals surface area contributed by atoms with Crippen molar-refractivity contribution in [2.45, 2.75) is 19.4 Å². The van der Waals surface area contributed by atoms with E-state index in [1.54, 1.807) is 6.20 Å². The maximum Gasteiger partial charge on any atom is 0.310 e. The predicted molar refractivity (Wildman–Crippen MR) is 74.4 cm³/mol. The zero-order valence-corrected chi connectivity index (χ0v) is 11.9. The van der Waals surface area contributed by atoms with Crippen LogP contribution in [0.25, 0.3) is 0 Å². The van der Waals surface area contributed by atoms with Crippen molar-refractivity contribution in [1.29, 1.82) is 0 Å². The number of hydrogen-bond donors (Lipinski definition) is 0. The van der Waals surface area contributed by atoms with Gasteiger partial charge in [0.1, 0.15) is 11.6 Å². The van der Waals surface area contributed by atoms with E-state index in [0.717, 1.165) is 11.4 Å². The number of nitrogens with zero attached hydrogens (tertiary/aromatic N) is 2. The molecule has 20 heavy (non-hydrogen) atoms. The van der Waals surface area contributed by atoms with Crippen molar-refractivity contribution in [2.75, 3.05) is 7.11 Å². The number of rotatable bonds is 5. The Bertz CT molecular complexity index is 592. The standard InChI is InChI=1S/C15H18N2O3/c1-11(15-16-8-9-17(15)2)20-13-7-5-4-6-12(13)10-14(18)19-3/h4-9,11H,10H2,1-3H3. The van der Waals surface area contributed by atoms with Crippen LogP contribution in [0.1, 0.15) is 24.4 Å². The van der Waals surface area contributed by atoms with E-state index >= 15 is 0 Å². The Balaban J connectivity index is 2.17. The molecule has 0 saturated heterocycles. The van der Waals surface area contributed by atoms with E-state index in [2.05, 4.69) is 4.98 Å². The first kappa shape index (κ1) is 14.1. The number of imidazole rings is 1. The Morgan fingerprint density at radius 2 is 2.15 bits per heavy atom. The van der Waals surface area contributed by atoms with Gasteiger partial charge in [-0.05, 0) is 13.0 Å². The number of aryl methyl sites for hydroxylation is 1. The van der Waals surface area contributed by atoms with Gasteiger partial charge in [0.05, 0.1) is 13.5 Å². The summed E-state index contributed by atoms with van der Waals surface area (Å²) >= 11 is 0. The average molecular weight is 274 g/mol. The molecule has 0 spiro atoms. The number of para-hydroxylation sites is 1. The summed E-state index contributed by atoms with van der Waals surface area (Å²) in [6.45, 7) is 1.93. The summed E-state index contributed by atoms with van der Waals surface area (Å²) in [6, 6.07) is 7.45. The van der Waals surface area contributed by atoms with Gasteiger partial charge in [-0.15, -0.1) is 0 Å². The maximum absolute atomic E-state index is 11.4. The quantitative estimate of drug-likeness (QED) is 0.785. The van der Waals surface area contributed by atoms with Crippen LogP contribution in [0.15, 0.2) is 36.7 Å². The summed E-state index contributed by atoms with van der Waals surface area (Å²) in [5.41, 5.74) is 0.806. The predicted octanol–water partition coefficient (Wildman–Crippen LogP) is 2.28. The van der Waals surface area contributed by atoms with Gasteiger partial charge in [-0.1, -0.05) is 18.2 Å². The number of methoxy groups -OCH3 is 1. The first-order valence-electron chi connectivity index (χ1n) is 6.40. The van der Waals surface area contributed by atoms with E-state index in [9.17, 15) is 4.79 Å². The minimum atomic E-state index is -0.286. The fourth-order valence-electron chi connectivity index (χ4n) is 2.00. The second-order valence-electron chi connectivity index (χ2n) is 4.52. The van der Waals surface area contributed by atoms with Crippen LogP contribution < -0.4 is 4.74 Å². The molecule has 1 atom stereocenters. The molecule has 5 heteroatoms. The zero-order valence-electron chi connectivity index (χ0n) is 11.9. The van der Waals surface area contributed by atoms with Crippen LogP contribution in [-0.2, 0) is 23.0 Å². The number of carbonyl (C=O) groups excluding carboxylic acids is 1. The van der Waals surface area contributed by atoms with Crippen molar-refractivity contribution in [3.8, 4) is 5.75 Å². The molecular formula is C15H18N2O3. The molecule has 0 saturated carbocycles. The Labute approximate surface area is 118 Å². The van der Waals surface area contributed by atoms with Crippen molar-refractivity contribution in [3.05, 3.63) is 48.0 Å². The molecule has 1 unspecified atom stereocenters. The molecule has 106 valence electrons. The van der Waals surface area contributed by atoms with E-state index in [1.165, 1.54) is 7.11 Å². The normalized spacial score (nSPS) is 11.9. The molecule has 0 fully saturated rings. The molecule has 1 heterocycles. The van der Waals surface area contributed by atoms with Gasteiger partial charge >= 0.3 is 5.97 Å². The van der Waals surface area contributed by atoms with Crippen LogP contribution in [0.4, 0.5) is 0 Å². The van der Waals surface area contributed by atoms with E-state index in [-0.39, 0.29) is 18.5 Å². The van der Waals surface area contributed by atoms with E-state index in [4.69, 9.17) is 9.47 Å². The van der Waals surface area contributed by atoms with Crippen LogP contribution in [0, 0.1) is 0 Å². The third-order valence-electron chi connectivity index (χ3n) is 3.06. The lowest BCUT2D eigenvalue weighted by molar-refractivity contribution is -0.139. The van der Waals surface area contributed by atoms with E-state index in [1.807, 2.05) is 49.0 Å². The minimum absolute atomic E-state index is 0.194. The molecule has 1 aromatic heterocycles. The topological polar surface area (TPSA) is 53.4 Å². The van der Waals surface area contributed by atoms with Crippen LogP contribution in [0.3, 0.4) is 0 Å². The van der Waals surface area contributed by atoms with Crippen molar-refractivity contribution in [2.24, 2.45) is 7.05 Å². The molecule has 0 amide bonds. The lowest BCUT2D eigenvalue weighted by Gasteiger charge is -2.17. The maximum atomic E-state index is 11.4. The zero-order chi connectivity index (χ0) is 14.5. The molecule has 2 aromatic rings. The number of hydrogen-bond acceptors (Lipinski definition) is 4. The summed E-state index contributed by atoms with van der Waals surface area (Å²) in [6.07, 6.45) is 3.60. The highest BCUT2D eigenvalue weighted by molar-refractivity contribution is 5.73. The van der Waals surface area contributed by atoms with Crippen LogP contribution >= 0.6 is 0 Å². The summed E-state index contributed by atoms with van der Waals surface area (Å²) in [4.78, 5) is 15.7. The minimum Gasteiger partial charge on any atom is -0.483 e. The second kappa shape index (κ2) is 6.23. The van der Waals surface area contributed by atoms with Gasteiger partial charge in [-0.2, -0.15) is 0 Å². The van der Waals surface area contributed by atoms with Gasteiger partial charge < -0.3 is 14.0 Å². The molecule has 1 aromatic carbocycles. The first-order chi connectivity index (χ1) is 9.61. The molecule has 2 rings (SSSR count). The van der Waals surface area contributed by atoms with Gasteiger partial charge in [0.25, 0.3) is 0 Å². The summed E-state index contributed by atoms with van der Waals surface area (Å²) in [5.74, 6) is 1.22. The largest absolute Gasteiger partial charge is 0.483 e. The Hall–Kier alpha value is -2.30. The highest BCUT2D eigenvalue weighted by atomic mass is 16.5. The van der Waals surface area contributed by atoms with Crippen molar-refractivity contribution < 1.29 is 14.3 Å². The smallest absolute Gasteiger partial charge is 0.310 e. The Morgan fingerprint density at radius 3 is 2.80 bits per heavy atom. The number of esters is 1. The Kier molecular flexibility index (Phi) is 4.40. The summed E-state index contributed by atoms with van der Waals surface area (Å²) < 4.78 is 12.5. The molecule has 0 bridgehead atoms. The van der Waals surface area contributed by atoms with Crippen LogP contribution in [-0.4, -0.2) is 22.6 Å². The first-order valence-corrected chi connectivity index (χ1v) is 6.40. The second-order valence-corrected chi connectivity index (χ2v) is 4.52. The van der Waals surface area contributed by atoms with Gasteiger partial charge in [-0.25, -0.2) is 4.98 Å². The Morgan fingerprint density at radius 1 is 1.40 bits per heavy atom. The van der Waals surface area contributed by atoms with Gasteiger partial charge in [0.2, 0.25) is 0 Å². The molecule has 0 N–H and O–H groups in total. The molecule has 0 aliphatic heterocycles. The van der Waals surface area contributed by atoms with Crippen LogP contribution in [0.2, 0.25) is 0 Å². The molecule has 0 radical (unpaired) electrons. The number of ether oxygens (including phenoxy) is 2. The molecular weight excluding hydrogens is 256 g/mol. The van der Waals surface area contributed by atoms with Gasteiger partial charge in [0, 0.05) is 25.0 Å². The average Bonchev–Trinajstić information content (AvgIpc) is 2.87. The van der Waals surface area contributed by atoms with E-state index < -0.39 is 0 Å². The number of carbonyl (C=O) groups is 1. The highest BCUT2D eigenvalue weighted by Gasteiger charge is 2.15. The fourth-order valence-corrected chi connectivity index (χ4v) is 2.00. The van der Waals surface area contributed by atoms with Gasteiger partial charge in [0.15, 0.2) is 6.10 Å². The molecule has 0 aliphatic carbocycles. The third kappa shape index (κ3) is 3.17. The molecule has 5 nitrogen and oxygen atoms in total. The lowest BCUT2D eigenvalue weighted by atomic mass is 10.1. The highest BCUT2D eigenvalue weighted by Crippen LogP contribution is 2.24. The monoisotopic (exact) mass is 274 g/mol. The third-order valence-corrected chi connectivity index (χ3v) is 3.06. The number of aromatic nitrogens is 2. The SMILES string of the molecule is COC(=O)Cc1ccccc1OC(C)c1nccn1C. The van der Waals surface area contributed by atoms with E-state index in [0.29, 0.717) is 5.75 Å². The number of benzene rings is 1. The fraction of sp³-hybridized carbons (Fsp3) is 0.333.